The van der Waals surface area contributed by atoms with Crippen LogP contribution in [0.25, 0.3) is 0 Å². The predicted octanol–water partition coefficient (Wildman–Crippen LogP) is 3.19. The summed E-state index contributed by atoms with van der Waals surface area (Å²) in [6.07, 6.45) is 1.76. The molecule has 2 N–H and O–H groups in total. The second kappa shape index (κ2) is 14.2. The van der Waals surface area contributed by atoms with Crippen molar-refractivity contribution in [2.75, 3.05) is 39.5 Å². The van der Waals surface area contributed by atoms with E-state index in [0.29, 0.717) is 19.0 Å². The maximum atomic E-state index is 5.48. The van der Waals surface area contributed by atoms with Crippen LogP contribution in [0.4, 0.5) is 0 Å². The van der Waals surface area contributed by atoms with E-state index in [1.165, 1.54) is 11.1 Å². The van der Waals surface area contributed by atoms with Crippen molar-refractivity contribution >= 4 is 29.9 Å². The molecule has 7 nitrogen and oxygen atoms in total. The molecule has 2 aromatic rings. The third kappa shape index (κ3) is 8.62. The molecule has 3 rings (SSSR count). The molecule has 8 heteroatoms. The Morgan fingerprint density at radius 1 is 1.13 bits per heavy atom. The van der Waals surface area contributed by atoms with Crippen LogP contribution < -0.4 is 15.4 Å². The Balaban J connectivity index is 0.00000341. The number of hydrogen-bond acceptors (Lipinski definition) is 5. The number of nitrogens with zero attached hydrogens (tertiary/aromatic N) is 3. The molecule has 31 heavy (non-hydrogen) atoms. The molecule has 1 aromatic heterocycles. The summed E-state index contributed by atoms with van der Waals surface area (Å²) in [5, 5.41) is 6.80. The Bertz CT molecular complexity index is 812. The van der Waals surface area contributed by atoms with Gasteiger partial charge in [-0.2, -0.15) is 0 Å². The highest BCUT2D eigenvalue weighted by atomic mass is 127. The number of nitrogens with one attached hydrogen (secondary N) is 2. The fourth-order valence-corrected chi connectivity index (χ4v) is 3.35. The molecule has 2 heterocycles. The van der Waals surface area contributed by atoms with Crippen molar-refractivity contribution < 1.29 is 9.47 Å². The molecule has 1 aliphatic rings. The minimum Gasteiger partial charge on any atom is -0.478 e. The van der Waals surface area contributed by atoms with Crippen LogP contribution >= 0.6 is 24.0 Å². The molecule has 0 spiro atoms. The van der Waals surface area contributed by atoms with E-state index in [2.05, 4.69) is 51.7 Å². The van der Waals surface area contributed by atoms with Crippen LogP contribution in [0.2, 0.25) is 0 Å². The average molecular weight is 539 g/mol. The summed E-state index contributed by atoms with van der Waals surface area (Å²) in [5.41, 5.74) is 3.70. The normalized spacial score (nSPS) is 14.6. The smallest absolute Gasteiger partial charge is 0.213 e. The number of hydrogen-bond donors (Lipinski definition) is 2. The first-order chi connectivity index (χ1) is 14.8. The van der Waals surface area contributed by atoms with E-state index < -0.39 is 0 Å². The van der Waals surface area contributed by atoms with Crippen molar-refractivity contribution in [3.05, 3.63) is 59.3 Å². The van der Waals surface area contributed by atoms with Gasteiger partial charge in [0.25, 0.3) is 0 Å². The van der Waals surface area contributed by atoms with Gasteiger partial charge in [0.1, 0.15) is 0 Å². The largest absolute Gasteiger partial charge is 0.478 e. The van der Waals surface area contributed by atoms with Gasteiger partial charge in [-0.05, 0) is 36.6 Å². The van der Waals surface area contributed by atoms with Gasteiger partial charge in [0.05, 0.1) is 26.4 Å². The summed E-state index contributed by atoms with van der Waals surface area (Å²) >= 11 is 0. The minimum absolute atomic E-state index is 0. The maximum absolute atomic E-state index is 5.48. The molecule has 0 aliphatic carbocycles. The fraction of sp³-hybridized carbons (Fsp3) is 0.478. The van der Waals surface area contributed by atoms with Gasteiger partial charge in [-0.15, -0.1) is 24.0 Å². The highest BCUT2D eigenvalue weighted by Gasteiger charge is 2.12. The van der Waals surface area contributed by atoms with Crippen LogP contribution in [-0.2, 0) is 24.4 Å². The molecule has 0 atom stereocenters. The van der Waals surface area contributed by atoms with Crippen LogP contribution in [0.5, 0.6) is 5.88 Å². The van der Waals surface area contributed by atoms with Gasteiger partial charge in [-0.25, -0.2) is 9.98 Å². The Morgan fingerprint density at radius 2 is 1.90 bits per heavy atom. The topological polar surface area (TPSA) is 71.0 Å². The highest BCUT2D eigenvalue weighted by molar-refractivity contribution is 14.0. The first kappa shape index (κ1) is 25.4. The Morgan fingerprint density at radius 3 is 2.65 bits per heavy atom. The zero-order valence-corrected chi connectivity index (χ0v) is 20.8. The van der Waals surface area contributed by atoms with Crippen LogP contribution in [0.1, 0.15) is 30.5 Å². The maximum Gasteiger partial charge on any atom is 0.213 e. The second-order valence-electron chi connectivity index (χ2n) is 7.14. The first-order valence-electron chi connectivity index (χ1n) is 10.7. The molecule has 170 valence electrons. The van der Waals surface area contributed by atoms with Crippen molar-refractivity contribution in [3.63, 3.8) is 0 Å². The number of morpholine rings is 1. The van der Waals surface area contributed by atoms with E-state index >= 15 is 0 Å². The number of guanidine groups is 1. The molecule has 0 amide bonds. The SMILES string of the molecule is CCNC(=NCc1ccnc(OCC)c1)NCc1ccccc1CN1CCOCC1.I. The van der Waals surface area contributed by atoms with Gasteiger partial charge >= 0.3 is 0 Å². The third-order valence-electron chi connectivity index (χ3n) is 4.92. The van der Waals surface area contributed by atoms with Crippen LogP contribution in [-0.4, -0.2) is 55.3 Å². The molecule has 1 aromatic carbocycles. The zero-order chi connectivity index (χ0) is 21.0. The van der Waals surface area contributed by atoms with E-state index in [1.807, 2.05) is 19.1 Å². The van der Waals surface area contributed by atoms with Crippen molar-refractivity contribution in [3.8, 4) is 5.88 Å². The lowest BCUT2D eigenvalue weighted by molar-refractivity contribution is 0.0341. The lowest BCUT2D eigenvalue weighted by atomic mass is 10.1. The van der Waals surface area contributed by atoms with Crippen molar-refractivity contribution in [1.82, 2.24) is 20.5 Å². The molecule has 0 bridgehead atoms. The summed E-state index contributed by atoms with van der Waals surface area (Å²) in [4.78, 5) is 11.4. The van der Waals surface area contributed by atoms with Crippen molar-refractivity contribution in [1.29, 1.82) is 0 Å². The second-order valence-corrected chi connectivity index (χ2v) is 7.14. The Kier molecular flexibility index (Phi) is 11.6. The lowest BCUT2D eigenvalue weighted by Gasteiger charge is -2.27. The lowest BCUT2D eigenvalue weighted by Crippen LogP contribution is -2.38. The Hall–Kier alpha value is -1.91. The summed E-state index contributed by atoms with van der Waals surface area (Å²) in [7, 11) is 0. The number of ether oxygens (including phenoxy) is 2. The first-order valence-corrected chi connectivity index (χ1v) is 10.7. The summed E-state index contributed by atoms with van der Waals surface area (Å²) < 4.78 is 10.9. The van der Waals surface area contributed by atoms with Crippen molar-refractivity contribution in [2.24, 2.45) is 4.99 Å². The van der Waals surface area contributed by atoms with Crippen LogP contribution in [0.3, 0.4) is 0 Å². The van der Waals surface area contributed by atoms with E-state index in [-0.39, 0.29) is 24.0 Å². The standard InChI is InChI=1S/C23H33N5O2.HI/c1-3-24-23(26-16-19-9-10-25-22(15-19)30-4-2)27-17-20-7-5-6-8-21(20)18-28-11-13-29-14-12-28;/h5-10,15H,3-4,11-14,16-18H2,1-2H3,(H2,24,26,27);1H. The Labute approximate surface area is 202 Å². The average Bonchev–Trinajstić information content (AvgIpc) is 2.78. The molecule has 1 aliphatic heterocycles. The number of rotatable bonds is 9. The van der Waals surface area contributed by atoms with Gasteiger partial charge in [0, 0.05) is 45.0 Å². The van der Waals surface area contributed by atoms with Gasteiger partial charge in [0.15, 0.2) is 5.96 Å². The summed E-state index contributed by atoms with van der Waals surface area (Å²) in [6, 6.07) is 12.5. The van der Waals surface area contributed by atoms with E-state index in [0.717, 1.165) is 57.5 Å². The number of aliphatic imine (C=N–C) groups is 1. The van der Waals surface area contributed by atoms with Crippen molar-refractivity contribution in [2.45, 2.75) is 33.5 Å². The van der Waals surface area contributed by atoms with E-state index in [1.54, 1.807) is 6.20 Å². The van der Waals surface area contributed by atoms with Crippen LogP contribution in [0.15, 0.2) is 47.6 Å². The summed E-state index contributed by atoms with van der Waals surface area (Å²) in [5.74, 6) is 1.44. The van der Waals surface area contributed by atoms with Gasteiger partial charge in [-0.3, -0.25) is 4.90 Å². The predicted molar refractivity (Wildman–Crippen MR) is 135 cm³/mol. The van der Waals surface area contributed by atoms with Gasteiger partial charge < -0.3 is 20.1 Å². The number of halogens is 1. The fourth-order valence-electron chi connectivity index (χ4n) is 3.35. The molecule has 1 fully saturated rings. The quantitative estimate of drug-likeness (QED) is 0.290. The molecular formula is C23H34IN5O2. The number of pyridine rings is 1. The minimum atomic E-state index is 0. The molecule has 0 unspecified atom stereocenters. The van der Waals surface area contributed by atoms with Gasteiger partial charge in [-0.1, -0.05) is 24.3 Å². The molecule has 0 radical (unpaired) electrons. The monoisotopic (exact) mass is 539 g/mol. The zero-order valence-electron chi connectivity index (χ0n) is 18.5. The van der Waals surface area contributed by atoms with E-state index in [4.69, 9.17) is 14.5 Å². The molecule has 0 saturated carbocycles. The number of aromatic nitrogens is 1. The van der Waals surface area contributed by atoms with Gasteiger partial charge in [0.2, 0.25) is 5.88 Å². The highest BCUT2D eigenvalue weighted by Crippen LogP contribution is 2.13. The van der Waals surface area contributed by atoms with Crippen LogP contribution in [0, 0.1) is 0 Å². The number of benzene rings is 1. The van der Waals surface area contributed by atoms with E-state index in [9.17, 15) is 0 Å². The molecular weight excluding hydrogens is 505 g/mol. The third-order valence-corrected chi connectivity index (χ3v) is 4.92. The summed E-state index contributed by atoms with van der Waals surface area (Å²) in [6.45, 7) is 11.3. The molecule has 1 saturated heterocycles.